The summed E-state index contributed by atoms with van der Waals surface area (Å²) >= 11 is 0. The summed E-state index contributed by atoms with van der Waals surface area (Å²) in [7, 11) is 0. The molecule has 0 aromatic heterocycles. The first-order valence-corrected chi connectivity index (χ1v) is 12.5. The van der Waals surface area contributed by atoms with Crippen molar-refractivity contribution < 1.29 is 19.3 Å². The Labute approximate surface area is 230 Å². The van der Waals surface area contributed by atoms with E-state index in [9.17, 15) is 20.2 Å². The molecule has 0 N–H and O–H groups in total. The number of hydrogen-bond donors (Lipinski definition) is 0. The average Bonchev–Trinajstić information content (AvgIpc) is 2.98. The topological polar surface area (TPSA) is 129 Å². The third-order valence-corrected chi connectivity index (χ3v) is 5.68. The molecule has 0 heterocycles. The van der Waals surface area contributed by atoms with Crippen LogP contribution in [0.4, 0.5) is 22.7 Å². The van der Waals surface area contributed by atoms with Gasteiger partial charge in [0.15, 0.2) is 0 Å². The van der Waals surface area contributed by atoms with Crippen LogP contribution in [0, 0.1) is 20.2 Å². The van der Waals surface area contributed by atoms with E-state index >= 15 is 0 Å². The predicted octanol–water partition coefficient (Wildman–Crippen LogP) is 7.24. The molecule has 4 aromatic rings. The number of aliphatic imine (C=N–C) groups is 2. The van der Waals surface area contributed by atoms with E-state index in [1.54, 1.807) is 36.7 Å². The monoisotopic (exact) mass is 538 g/mol. The molecule has 0 saturated heterocycles. The van der Waals surface area contributed by atoms with Crippen LogP contribution in [-0.4, -0.2) is 35.5 Å². The van der Waals surface area contributed by atoms with Crippen LogP contribution in [0.1, 0.15) is 24.0 Å². The van der Waals surface area contributed by atoms with Crippen molar-refractivity contribution in [1.82, 2.24) is 0 Å². The second-order valence-electron chi connectivity index (χ2n) is 8.61. The van der Waals surface area contributed by atoms with Gasteiger partial charge >= 0.3 is 0 Å². The second kappa shape index (κ2) is 14.0. The lowest BCUT2D eigenvalue weighted by Gasteiger charge is -2.08. The molecule has 0 amide bonds. The standard InChI is InChI=1S/C30H26N4O6/c35-33(36)27-11-3-23(4-12-27)21-31-25-7-15-29(16-8-25)39-19-1-2-20-40-30-17-9-26(10-18-30)32-22-24-5-13-28(14-6-24)34(37)38/h3-18,21-22H,1-2,19-20H2. The van der Waals surface area contributed by atoms with Gasteiger partial charge in [-0.3, -0.25) is 30.2 Å². The zero-order chi connectivity index (χ0) is 28.2. The summed E-state index contributed by atoms with van der Waals surface area (Å²) in [5, 5.41) is 21.5. The molecule has 0 radical (unpaired) electrons. The molecule has 0 unspecified atom stereocenters. The maximum atomic E-state index is 10.7. The number of nitrogens with zero attached hydrogens (tertiary/aromatic N) is 4. The van der Waals surface area contributed by atoms with Crippen molar-refractivity contribution in [1.29, 1.82) is 0 Å². The quantitative estimate of drug-likeness (QED) is 0.0763. The van der Waals surface area contributed by atoms with E-state index in [1.165, 1.54) is 24.3 Å². The van der Waals surface area contributed by atoms with Crippen LogP contribution >= 0.6 is 0 Å². The highest BCUT2D eigenvalue weighted by molar-refractivity contribution is 5.83. The van der Waals surface area contributed by atoms with E-state index in [1.807, 2.05) is 48.5 Å². The van der Waals surface area contributed by atoms with Gasteiger partial charge in [0.2, 0.25) is 0 Å². The summed E-state index contributed by atoms with van der Waals surface area (Å²) in [5.41, 5.74) is 3.15. The van der Waals surface area contributed by atoms with Gasteiger partial charge in [-0.25, -0.2) is 0 Å². The van der Waals surface area contributed by atoms with Crippen molar-refractivity contribution in [2.24, 2.45) is 9.98 Å². The highest BCUT2D eigenvalue weighted by atomic mass is 16.6. The molecule has 0 aliphatic rings. The van der Waals surface area contributed by atoms with E-state index in [-0.39, 0.29) is 11.4 Å². The molecule has 4 rings (SSSR count). The highest BCUT2D eigenvalue weighted by Gasteiger charge is 2.04. The molecule has 0 fully saturated rings. The number of rotatable bonds is 13. The molecule has 0 spiro atoms. The van der Waals surface area contributed by atoms with E-state index in [4.69, 9.17) is 9.47 Å². The number of nitro groups is 2. The van der Waals surface area contributed by atoms with Gasteiger partial charge in [0, 0.05) is 36.7 Å². The number of unbranched alkanes of at least 4 members (excludes halogenated alkanes) is 1. The number of non-ortho nitro benzene ring substituents is 2. The Hall–Kier alpha value is -5.38. The zero-order valence-corrected chi connectivity index (χ0v) is 21.5. The Kier molecular flexibility index (Phi) is 9.65. The molecule has 0 bridgehead atoms. The fourth-order valence-corrected chi connectivity index (χ4v) is 3.50. The minimum atomic E-state index is -0.433. The van der Waals surface area contributed by atoms with Gasteiger partial charge in [-0.2, -0.15) is 0 Å². The van der Waals surface area contributed by atoms with Crippen LogP contribution < -0.4 is 9.47 Å². The summed E-state index contributed by atoms with van der Waals surface area (Å²) in [6, 6.07) is 27.2. The highest BCUT2D eigenvalue weighted by Crippen LogP contribution is 2.20. The first kappa shape index (κ1) is 27.6. The zero-order valence-electron chi connectivity index (χ0n) is 21.5. The maximum Gasteiger partial charge on any atom is 0.269 e. The van der Waals surface area contributed by atoms with Crippen molar-refractivity contribution in [2.45, 2.75) is 12.8 Å². The summed E-state index contributed by atoms with van der Waals surface area (Å²) in [4.78, 5) is 29.4. The predicted molar refractivity (Wildman–Crippen MR) is 154 cm³/mol. The van der Waals surface area contributed by atoms with E-state index in [2.05, 4.69) is 9.98 Å². The fourth-order valence-electron chi connectivity index (χ4n) is 3.50. The molecule has 0 aliphatic carbocycles. The number of benzene rings is 4. The Bertz CT molecular complexity index is 1350. The van der Waals surface area contributed by atoms with Crippen molar-refractivity contribution >= 4 is 35.2 Å². The largest absolute Gasteiger partial charge is 0.494 e. The third-order valence-electron chi connectivity index (χ3n) is 5.68. The normalized spacial score (nSPS) is 11.1. The van der Waals surface area contributed by atoms with Crippen LogP contribution in [0.3, 0.4) is 0 Å². The molecule has 10 heteroatoms. The molecular weight excluding hydrogens is 512 g/mol. The first-order chi connectivity index (χ1) is 19.5. The van der Waals surface area contributed by atoms with Crippen molar-refractivity contribution in [3.63, 3.8) is 0 Å². The summed E-state index contributed by atoms with van der Waals surface area (Å²) in [6.45, 7) is 1.12. The maximum absolute atomic E-state index is 10.7. The van der Waals surface area contributed by atoms with Gasteiger partial charge < -0.3 is 9.47 Å². The number of nitro benzene ring substituents is 2. The minimum absolute atomic E-state index is 0.0459. The molecule has 0 saturated carbocycles. The summed E-state index contributed by atoms with van der Waals surface area (Å²) < 4.78 is 11.6. The van der Waals surface area contributed by atoms with Crippen LogP contribution in [0.25, 0.3) is 0 Å². The summed E-state index contributed by atoms with van der Waals surface area (Å²) in [5.74, 6) is 1.50. The average molecular weight is 539 g/mol. The van der Waals surface area contributed by atoms with Crippen molar-refractivity contribution in [2.75, 3.05) is 13.2 Å². The van der Waals surface area contributed by atoms with Gasteiger partial charge in [0.25, 0.3) is 11.4 Å². The molecule has 10 nitrogen and oxygen atoms in total. The van der Waals surface area contributed by atoms with E-state index in [0.717, 1.165) is 46.8 Å². The first-order valence-electron chi connectivity index (χ1n) is 12.5. The number of ether oxygens (including phenoxy) is 2. The molecule has 0 aliphatic heterocycles. The Balaban J connectivity index is 1.12. The van der Waals surface area contributed by atoms with Gasteiger partial charge in [0.1, 0.15) is 11.5 Å². The molecular formula is C30H26N4O6. The van der Waals surface area contributed by atoms with Crippen molar-refractivity contribution in [3.8, 4) is 11.5 Å². The van der Waals surface area contributed by atoms with Gasteiger partial charge in [0.05, 0.1) is 34.4 Å². The molecule has 0 atom stereocenters. The molecule has 202 valence electrons. The minimum Gasteiger partial charge on any atom is -0.494 e. The third kappa shape index (κ3) is 8.59. The Morgan fingerprint density at radius 3 is 1.23 bits per heavy atom. The Morgan fingerprint density at radius 2 is 0.900 bits per heavy atom. The van der Waals surface area contributed by atoms with Crippen molar-refractivity contribution in [3.05, 3.63) is 128 Å². The molecule has 4 aromatic carbocycles. The lowest BCUT2D eigenvalue weighted by Crippen LogP contribution is -2.02. The second-order valence-corrected chi connectivity index (χ2v) is 8.61. The lowest BCUT2D eigenvalue weighted by atomic mass is 10.2. The van der Waals surface area contributed by atoms with Crippen LogP contribution in [0.15, 0.2) is 107 Å². The van der Waals surface area contributed by atoms with Gasteiger partial charge in [-0.1, -0.05) is 0 Å². The SMILES string of the molecule is O=[N+]([O-])c1ccc(C=Nc2ccc(OCCCCOc3ccc(N=Cc4ccc([N+](=O)[O-])cc4)cc3)cc2)cc1. The van der Waals surface area contributed by atoms with Gasteiger partial charge in [-0.15, -0.1) is 0 Å². The smallest absolute Gasteiger partial charge is 0.269 e. The Morgan fingerprint density at radius 1 is 0.550 bits per heavy atom. The van der Waals surface area contributed by atoms with Crippen LogP contribution in [0.5, 0.6) is 11.5 Å². The van der Waals surface area contributed by atoms with Gasteiger partial charge in [-0.05, 0) is 96.8 Å². The number of hydrogen-bond acceptors (Lipinski definition) is 8. The van der Waals surface area contributed by atoms with Crippen LogP contribution in [-0.2, 0) is 0 Å². The fraction of sp³-hybridized carbons (Fsp3) is 0.133. The lowest BCUT2D eigenvalue weighted by molar-refractivity contribution is -0.385. The van der Waals surface area contributed by atoms with E-state index in [0.29, 0.717) is 13.2 Å². The molecule has 40 heavy (non-hydrogen) atoms. The summed E-state index contributed by atoms with van der Waals surface area (Å²) in [6.07, 6.45) is 4.97. The van der Waals surface area contributed by atoms with Crippen LogP contribution in [0.2, 0.25) is 0 Å². The van der Waals surface area contributed by atoms with E-state index < -0.39 is 9.85 Å².